The molecule has 1 atom stereocenters. The molecule has 0 amide bonds. The summed E-state index contributed by atoms with van der Waals surface area (Å²) >= 11 is 6.29. The van der Waals surface area contributed by atoms with Gasteiger partial charge in [-0.25, -0.2) is 14.6 Å². The number of H-pyrrole nitrogens is 2. The van der Waals surface area contributed by atoms with Crippen molar-refractivity contribution in [2.24, 2.45) is 0 Å². The summed E-state index contributed by atoms with van der Waals surface area (Å²) in [5.74, 6) is -3.48. The highest BCUT2D eigenvalue weighted by atomic mass is 35.5. The Bertz CT molecular complexity index is 2190. The summed E-state index contributed by atoms with van der Waals surface area (Å²) in [6.45, 7) is 0. The van der Waals surface area contributed by atoms with Gasteiger partial charge in [0.05, 0.1) is 23.6 Å². The molecule has 1 aliphatic heterocycles. The molecule has 0 aliphatic carbocycles. The number of aromatic amines is 2. The second-order valence-electron chi connectivity index (χ2n) is 10.3. The number of pyridine rings is 1. The van der Waals surface area contributed by atoms with Gasteiger partial charge in [0.1, 0.15) is 17.8 Å². The van der Waals surface area contributed by atoms with Gasteiger partial charge in [0, 0.05) is 38.8 Å². The smallest absolute Gasteiger partial charge is 0.382 e. The molecule has 0 fully saturated rings. The van der Waals surface area contributed by atoms with Crippen LogP contribution in [0.3, 0.4) is 0 Å². The molecule has 6 aromatic rings. The number of aryl methyl sites for hydroxylation is 1. The van der Waals surface area contributed by atoms with Crippen LogP contribution in [-0.2, 0) is 16.0 Å². The number of halogens is 4. The van der Waals surface area contributed by atoms with Gasteiger partial charge in [-0.3, -0.25) is 4.79 Å². The summed E-state index contributed by atoms with van der Waals surface area (Å²) in [7, 11) is 0. The zero-order valence-corrected chi connectivity index (χ0v) is 23.4. The highest BCUT2D eigenvalue weighted by molar-refractivity contribution is 6.31. The van der Waals surface area contributed by atoms with Gasteiger partial charge in [0.15, 0.2) is 0 Å². The number of hydrogen-bond acceptors (Lipinski definition) is 8. The molecule has 2 N–H and O–H groups in total. The number of alkyl halides is 3. The number of carbonyl (C=O) groups is 2. The Balaban J connectivity index is 1.16. The van der Waals surface area contributed by atoms with Crippen molar-refractivity contribution in [1.82, 2.24) is 39.7 Å². The molecule has 5 heterocycles. The van der Waals surface area contributed by atoms with Crippen molar-refractivity contribution < 1.29 is 27.5 Å². The Morgan fingerprint density at radius 2 is 1.87 bits per heavy atom. The van der Waals surface area contributed by atoms with E-state index in [0.717, 1.165) is 5.69 Å². The maximum absolute atomic E-state index is 13.5. The summed E-state index contributed by atoms with van der Waals surface area (Å²) in [6.07, 6.45) is -0.979. The molecule has 2 aromatic carbocycles. The van der Waals surface area contributed by atoms with Crippen LogP contribution >= 0.6 is 11.6 Å². The van der Waals surface area contributed by atoms with Gasteiger partial charge in [-0.1, -0.05) is 17.7 Å². The third kappa shape index (κ3) is 5.16. The van der Waals surface area contributed by atoms with Crippen LogP contribution in [-0.4, -0.2) is 57.8 Å². The molecular weight excluding hydrogens is 617 g/mol. The van der Waals surface area contributed by atoms with E-state index in [-0.39, 0.29) is 17.3 Å². The van der Waals surface area contributed by atoms with Crippen LogP contribution in [0.4, 0.5) is 13.2 Å². The second-order valence-corrected chi connectivity index (χ2v) is 10.7. The van der Waals surface area contributed by atoms with Gasteiger partial charge >= 0.3 is 18.1 Å². The van der Waals surface area contributed by atoms with Gasteiger partial charge in [-0.2, -0.15) is 17.9 Å². The van der Waals surface area contributed by atoms with Crippen LogP contribution in [0, 0.1) is 0 Å². The highest BCUT2D eigenvalue weighted by Crippen LogP contribution is 2.35. The minimum absolute atomic E-state index is 0.220. The maximum atomic E-state index is 13.5. The first kappa shape index (κ1) is 28.2. The quantitative estimate of drug-likeness (QED) is 0.203. The molecule has 0 saturated carbocycles. The molecule has 45 heavy (non-hydrogen) atoms. The third-order valence-electron chi connectivity index (χ3n) is 7.48. The number of esters is 2. The molecule has 0 bridgehead atoms. The normalized spacial score (nSPS) is 14.5. The number of ether oxygens (including phenoxy) is 1. The summed E-state index contributed by atoms with van der Waals surface area (Å²) in [5.41, 5.74) is 4.05. The summed E-state index contributed by atoms with van der Waals surface area (Å²) in [6, 6.07) is 14.7. The Labute approximate surface area is 254 Å². The van der Waals surface area contributed by atoms with E-state index in [9.17, 15) is 27.6 Å². The number of tetrazole rings is 1. The number of aromatic nitrogens is 8. The first-order chi connectivity index (χ1) is 21.5. The minimum Gasteiger partial charge on any atom is -0.382 e. The van der Waals surface area contributed by atoms with Crippen molar-refractivity contribution in [3.8, 4) is 28.1 Å². The zero-order valence-electron chi connectivity index (χ0n) is 22.7. The van der Waals surface area contributed by atoms with E-state index in [4.69, 9.17) is 11.6 Å². The van der Waals surface area contributed by atoms with Gasteiger partial charge in [-0.05, 0) is 71.3 Å². The number of nitrogens with one attached hydrogen (secondary N) is 2. The topological polar surface area (TPSA) is 153 Å². The molecule has 0 unspecified atom stereocenters. The summed E-state index contributed by atoms with van der Waals surface area (Å²) < 4.78 is 44.5. The van der Waals surface area contributed by atoms with E-state index in [0.29, 0.717) is 62.7 Å². The van der Waals surface area contributed by atoms with Gasteiger partial charge in [-0.15, -0.1) is 5.10 Å². The maximum Gasteiger partial charge on any atom is 0.491 e. The van der Waals surface area contributed by atoms with Crippen molar-refractivity contribution in [2.75, 3.05) is 0 Å². The Hall–Kier alpha value is -5.57. The lowest BCUT2D eigenvalue weighted by Crippen LogP contribution is -2.28. The van der Waals surface area contributed by atoms with Crippen LogP contribution in [0.5, 0.6) is 0 Å². The molecule has 0 radical (unpaired) electrons. The monoisotopic (exact) mass is 634 g/mol. The average molecular weight is 635 g/mol. The molecule has 4 aromatic heterocycles. The highest BCUT2D eigenvalue weighted by Gasteiger charge is 2.42. The molecule has 1 aliphatic rings. The fourth-order valence-electron chi connectivity index (χ4n) is 5.48. The Kier molecular flexibility index (Phi) is 6.62. The van der Waals surface area contributed by atoms with Crippen LogP contribution in [0.15, 0.2) is 71.9 Å². The number of hydrogen-bond donors (Lipinski definition) is 2. The average Bonchev–Trinajstić information content (AvgIpc) is 3.81. The fourth-order valence-corrected chi connectivity index (χ4v) is 5.65. The summed E-state index contributed by atoms with van der Waals surface area (Å²) in [4.78, 5) is 47.1. The number of nitrogens with zero attached hydrogens (tertiary/aromatic N) is 6. The lowest BCUT2D eigenvalue weighted by atomic mass is 10.0. The second kappa shape index (κ2) is 10.6. The van der Waals surface area contributed by atoms with Crippen molar-refractivity contribution in [2.45, 2.75) is 25.1 Å². The number of rotatable bonds is 5. The van der Waals surface area contributed by atoms with E-state index in [1.54, 1.807) is 47.2 Å². The molecule has 12 nitrogen and oxygen atoms in total. The standard InChI is InChI=1S/C29H18ClF3N8O4/c30-17-2-5-23(40-13-35-38-39-40)19(11-17)15-8-18-3-6-24(41(18)25(42)10-15)26-34-12-22(37-26)14-1-4-20-16(7-14)9-21(36-20)27(43)45-28(44)29(31,32)33/h1-2,4-5,7-13,24,36H,3,6H2,(H,34,37)/t24-/m0/s1. The number of fused-ring (bicyclic) bond motifs is 2. The lowest BCUT2D eigenvalue weighted by molar-refractivity contribution is -0.193. The lowest BCUT2D eigenvalue weighted by Gasteiger charge is -2.15. The van der Waals surface area contributed by atoms with Crippen molar-refractivity contribution in [3.05, 3.63) is 99.7 Å². The van der Waals surface area contributed by atoms with Gasteiger partial charge in [0.25, 0.3) is 5.56 Å². The Morgan fingerprint density at radius 3 is 2.64 bits per heavy atom. The van der Waals surface area contributed by atoms with Gasteiger partial charge < -0.3 is 19.3 Å². The third-order valence-corrected chi connectivity index (χ3v) is 7.71. The van der Waals surface area contributed by atoms with Crippen LogP contribution in [0.1, 0.15) is 34.5 Å². The van der Waals surface area contributed by atoms with Crippen LogP contribution in [0.25, 0.3) is 39.0 Å². The molecule has 0 saturated heterocycles. The first-order valence-corrected chi connectivity index (χ1v) is 13.7. The van der Waals surface area contributed by atoms with E-state index >= 15 is 0 Å². The van der Waals surface area contributed by atoms with E-state index < -0.39 is 18.1 Å². The first-order valence-electron chi connectivity index (χ1n) is 13.4. The van der Waals surface area contributed by atoms with E-state index in [1.165, 1.54) is 23.1 Å². The van der Waals surface area contributed by atoms with Crippen molar-refractivity contribution in [3.63, 3.8) is 0 Å². The zero-order chi connectivity index (χ0) is 31.5. The fraction of sp³-hybridized carbons (Fsp3) is 0.138. The molecule has 226 valence electrons. The Morgan fingerprint density at radius 1 is 1.02 bits per heavy atom. The molecule has 7 rings (SSSR count). The predicted molar refractivity (Wildman–Crippen MR) is 153 cm³/mol. The van der Waals surface area contributed by atoms with Crippen molar-refractivity contribution >= 4 is 34.4 Å². The number of carbonyl (C=O) groups excluding carboxylic acids is 2. The van der Waals surface area contributed by atoms with Gasteiger partial charge in [0.2, 0.25) is 0 Å². The number of imidazole rings is 1. The summed E-state index contributed by atoms with van der Waals surface area (Å²) in [5, 5.41) is 12.3. The van der Waals surface area contributed by atoms with E-state index in [1.807, 2.05) is 6.07 Å². The SMILES string of the molecule is O=C(OC(=O)C(F)(F)F)c1cc2cc(-c3cnc([C@@H]4CCc5cc(-c6cc(Cl)ccc6-n6cnnn6)cc(=O)n54)[nH]3)ccc2[nH]1. The van der Waals surface area contributed by atoms with Crippen LogP contribution < -0.4 is 5.56 Å². The largest absolute Gasteiger partial charge is 0.491 e. The van der Waals surface area contributed by atoms with Crippen LogP contribution in [0.2, 0.25) is 5.02 Å². The van der Waals surface area contributed by atoms with Crippen molar-refractivity contribution in [1.29, 1.82) is 0 Å². The number of benzene rings is 2. The van der Waals surface area contributed by atoms with E-state index in [2.05, 4.69) is 35.2 Å². The molecule has 16 heteroatoms. The molecular formula is C29H18ClF3N8O4. The molecule has 0 spiro atoms. The minimum atomic E-state index is -5.29. The predicted octanol–water partition coefficient (Wildman–Crippen LogP) is 4.80.